The van der Waals surface area contributed by atoms with Gasteiger partial charge in [-0.05, 0) is 25.8 Å². The van der Waals surface area contributed by atoms with Crippen molar-refractivity contribution < 1.29 is 13.2 Å². The van der Waals surface area contributed by atoms with E-state index in [1.807, 2.05) is 0 Å². The first-order valence-corrected chi connectivity index (χ1v) is 11.1. The molecule has 0 radical (unpaired) electrons. The summed E-state index contributed by atoms with van der Waals surface area (Å²) < 4.78 is 26.8. The summed E-state index contributed by atoms with van der Waals surface area (Å²) in [5.74, 6) is 1.40. The van der Waals surface area contributed by atoms with Crippen molar-refractivity contribution in [1.82, 2.24) is 14.6 Å². The molecule has 2 heterocycles. The number of aromatic nitrogens is 1. The molecule has 134 valence electrons. The Morgan fingerprint density at radius 1 is 1.25 bits per heavy atom. The Labute approximate surface area is 147 Å². The van der Waals surface area contributed by atoms with E-state index in [1.54, 1.807) is 11.8 Å². The van der Waals surface area contributed by atoms with Gasteiger partial charge in [0.15, 0.2) is 0 Å². The average Bonchev–Trinajstić information content (AvgIpc) is 3.07. The van der Waals surface area contributed by atoms with Crippen molar-refractivity contribution in [2.75, 3.05) is 24.6 Å². The molecule has 1 aliphatic carbocycles. The number of thioether (sulfide) groups is 1. The second kappa shape index (κ2) is 7.09. The first-order valence-electron chi connectivity index (χ1n) is 8.50. The molecule has 0 atom stereocenters. The summed E-state index contributed by atoms with van der Waals surface area (Å²) >= 11 is 1.76. The van der Waals surface area contributed by atoms with Crippen LogP contribution in [-0.4, -0.2) is 53.7 Å². The predicted molar refractivity (Wildman–Crippen MR) is 95.8 cm³/mol. The van der Waals surface area contributed by atoms with Gasteiger partial charge < -0.3 is 10.3 Å². The SMILES string of the molecule is CC1(NC(=O)c2cc(S(=O)(=O)N3CCSCC3)c[nH]2)CCCCC1. The minimum absolute atomic E-state index is 0.174. The van der Waals surface area contributed by atoms with Gasteiger partial charge in [-0.3, -0.25) is 4.79 Å². The van der Waals surface area contributed by atoms with Gasteiger partial charge in [-0.25, -0.2) is 8.42 Å². The molecule has 24 heavy (non-hydrogen) atoms. The fourth-order valence-corrected chi connectivity index (χ4v) is 5.96. The van der Waals surface area contributed by atoms with Crippen LogP contribution in [0.5, 0.6) is 0 Å². The number of sulfonamides is 1. The minimum Gasteiger partial charge on any atom is -0.356 e. The van der Waals surface area contributed by atoms with Crippen molar-refractivity contribution in [1.29, 1.82) is 0 Å². The first kappa shape index (κ1) is 17.8. The Morgan fingerprint density at radius 2 is 1.92 bits per heavy atom. The third kappa shape index (κ3) is 3.81. The molecule has 1 aromatic rings. The lowest BCUT2D eigenvalue weighted by atomic mass is 9.83. The quantitative estimate of drug-likeness (QED) is 0.850. The Hall–Kier alpha value is -0.990. The Balaban J connectivity index is 1.71. The van der Waals surface area contributed by atoms with Crippen LogP contribution in [0.4, 0.5) is 0 Å². The van der Waals surface area contributed by atoms with Gasteiger partial charge in [-0.1, -0.05) is 19.3 Å². The number of H-pyrrole nitrogens is 1. The molecule has 0 bridgehead atoms. The van der Waals surface area contributed by atoms with Crippen LogP contribution in [0.2, 0.25) is 0 Å². The number of carbonyl (C=O) groups is 1. The predicted octanol–water partition coefficient (Wildman–Crippen LogP) is 2.20. The zero-order valence-electron chi connectivity index (χ0n) is 14.0. The second-order valence-corrected chi connectivity index (χ2v) is 10.0. The number of rotatable bonds is 4. The lowest BCUT2D eigenvalue weighted by Crippen LogP contribution is -2.47. The fraction of sp³-hybridized carbons (Fsp3) is 0.688. The molecule has 3 rings (SSSR count). The molecule has 1 saturated carbocycles. The summed E-state index contributed by atoms with van der Waals surface area (Å²) in [6.45, 7) is 3.12. The van der Waals surface area contributed by atoms with Crippen LogP contribution in [0.25, 0.3) is 0 Å². The monoisotopic (exact) mass is 371 g/mol. The van der Waals surface area contributed by atoms with Crippen molar-refractivity contribution in [3.8, 4) is 0 Å². The normalized spacial score (nSPS) is 22.2. The number of carbonyl (C=O) groups excluding carboxylic acids is 1. The number of amides is 1. The van der Waals surface area contributed by atoms with Crippen molar-refractivity contribution in [3.63, 3.8) is 0 Å². The van der Waals surface area contributed by atoms with E-state index < -0.39 is 10.0 Å². The van der Waals surface area contributed by atoms with Crippen LogP contribution in [-0.2, 0) is 10.0 Å². The molecule has 8 heteroatoms. The Bertz CT molecular complexity index is 687. The third-order valence-electron chi connectivity index (χ3n) is 4.88. The number of nitrogens with one attached hydrogen (secondary N) is 2. The summed E-state index contributed by atoms with van der Waals surface area (Å²) in [6.07, 6.45) is 6.81. The molecule has 2 fully saturated rings. The van der Waals surface area contributed by atoms with Crippen molar-refractivity contribution in [3.05, 3.63) is 18.0 Å². The van der Waals surface area contributed by atoms with Crippen molar-refractivity contribution >= 4 is 27.7 Å². The fourth-order valence-electron chi connectivity index (χ4n) is 3.39. The van der Waals surface area contributed by atoms with E-state index in [-0.39, 0.29) is 16.3 Å². The molecule has 0 aromatic carbocycles. The van der Waals surface area contributed by atoms with Crippen LogP contribution in [0, 0.1) is 0 Å². The number of hydrogen-bond donors (Lipinski definition) is 2. The summed E-state index contributed by atoms with van der Waals surface area (Å²) in [6, 6.07) is 1.46. The highest BCUT2D eigenvalue weighted by Gasteiger charge is 2.31. The van der Waals surface area contributed by atoms with E-state index in [2.05, 4.69) is 17.2 Å². The van der Waals surface area contributed by atoms with Gasteiger partial charge in [0.2, 0.25) is 10.0 Å². The molecular weight excluding hydrogens is 346 g/mol. The van der Waals surface area contributed by atoms with Gasteiger partial charge in [0.1, 0.15) is 10.6 Å². The molecule has 0 unspecified atom stereocenters. The van der Waals surface area contributed by atoms with Gasteiger partial charge >= 0.3 is 0 Å². The highest BCUT2D eigenvalue weighted by molar-refractivity contribution is 7.99. The van der Waals surface area contributed by atoms with Crippen molar-refractivity contribution in [2.24, 2.45) is 0 Å². The maximum absolute atomic E-state index is 12.6. The van der Waals surface area contributed by atoms with E-state index in [9.17, 15) is 13.2 Å². The van der Waals surface area contributed by atoms with Gasteiger partial charge in [0.05, 0.1) is 0 Å². The van der Waals surface area contributed by atoms with E-state index in [0.29, 0.717) is 18.8 Å². The number of nitrogens with zero attached hydrogens (tertiary/aromatic N) is 1. The molecule has 1 amide bonds. The van der Waals surface area contributed by atoms with E-state index in [0.717, 1.165) is 37.2 Å². The average molecular weight is 372 g/mol. The van der Waals surface area contributed by atoms with Crippen LogP contribution >= 0.6 is 11.8 Å². The third-order valence-corrected chi connectivity index (χ3v) is 7.70. The van der Waals surface area contributed by atoms with E-state index in [4.69, 9.17) is 0 Å². The van der Waals surface area contributed by atoms with Gasteiger partial charge in [-0.15, -0.1) is 0 Å². The van der Waals surface area contributed by atoms with Crippen molar-refractivity contribution in [2.45, 2.75) is 49.5 Å². The molecule has 2 aliphatic rings. The minimum atomic E-state index is -3.51. The molecule has 2 N–H and O–H groups in total. The summed E-state index contributed by atoms with van der Waals surface area (Å²) in [7, 11) is -3.51. The molecule has 1 aliphatic heterocycles. The Kier molecular flexibility index (Phi) is 5.27. The lowest BCUT2D eigenvalue weighted by Gasteiger charge is -2.34. The summed E-state index contributed by atoms with van der Waals surface area (Å²) in [5.41, 5.74) is 0.121. The second-order valence-electron chi connectivity index (χ2n) is 6.84. The largest absolute Gasteiger partial charge is 0.356 e. The molecule has 6 nitrogen and oxygen atoms in total. The standard InChI is InChI=1S/C16H25N3O3S2/c1-16(5-3-2-4-6-16)18-15(20)14-11-13(12-17-14)24(21,22)19-7-9-23-10-8-19/h11-12,17H,2-10H2,1H3,(H,18,20). The highest BCUT2D eigenvalue weighted by atomic mass is 32.2. The molecule has 0 spiro atoms. The van der Waals surface area contributed by atoms with Gasteiger partial charge in [-0.2, -0.15) is 16.1 Å². The van der Waals surface area contributed by atoms with Gasteiger partial charge in [0.25, 0.3) is 5.91 Å². The van der Waals surface area contributed by atoms with Crippen LogP contribution < -0.4 is 5.32 Å². The summed E-state index contributed by atoms with van der Waals surface area (Å²) in [4.78, 5) is 15.5. The molecule has 1 saturated heterocycles. The number of aromatic amines is 1. The molecular formula is C16H25N3O3S2. The lowest BCUT2D eigenvalue weighted by molar-refractivity contribution is 0.0878. The van der Waals surface area contributed by atoms with Crippen LogP contribution in [0.15, 0.2) is 17.2 Å². The van der Waals surface area contributed by atoms with Gasteiger partial charge in [0, 0.05) is 36.3 Å². The Morgan fingerprint density at radius 3 is 2.58 bits per heavy atom. The maximum Gasteiger partial charge on any atom is 0.268 e. The first-order chi connectivity index (χ1) is 11.4. The topological polar surface area (TPSA) is 82.3 Å². The van der Waals surface area contributed by atoms with Crippen LogP contribution in [0.1, 0.15) is 49.5 Å². The maximum atomic E-state index is 12.6. The summed E-state index contributed by atoms with van der Waals surface area (Å²) in [5, 5.41) is 3.07. The smallest absolute Gasteiger partial charge is 0.268 e. The zero-order chi connectivity index (χ0) is 17.2. The van der Waals surface area contributed by atoms with Crippen LogP contribution in [0.3, 0.4) is 0 Å². The van der Waals surface area contributed by atoms with E-state index in [1.165, 1.54) is 23.0 Å². The highest BCUT2D eigenvalue weighted by Crippen LogP contribution is 2.28. The van der Waals surface area contributed by atoms with E-state index >= 15 is 0 Å². The molecule has 1 aromatic heterocycles. The number of hydrogen-bond acceptors (Lipinski definition) is 4. The zero-order valence-corrected chi connectivity index (χ0v) is 15.6.